The molecule has 9 heteroatoms. The fourth-order valence-electron chi connectivity index (χ4n) is 2.25. The Morgan fingerprint density at radius 3 is 2.18 bits per heavy atom. The molecule has 0 saturated heterocycles. The maximum Gasteiger partial charge on any atom is 0.324 e. The van der Waals surface area contributed by atoms with E-state index in [4.69, 9.17) is 16.3 Å². The molecule has 0 spiro atoms. The highest BCUT2D eigenvalue weighted by atomic mass is 79.9. The summed E-state index contributed by atoms with van der Waals surface area (Å²) in [6, 6.07) is 11.0. The third kappa shape index (κ3) is 6.13. The van der Waals surface area contributed by atoms with Crippen molar-refractivity contribution in [1.29, 1.82) is 0 Å². The Kier molecular flexibility index (Phi) is 7.77. The van der Waals surface area contributed by atoms with Crippen molar-refractivity contribution < 1.29 is 22.7 Å². The summed E-state index contributed by atoms with van der Waals surface area (Å²) in [6.45, 7) is 2.87. The van der Waals surface area contributed by atoms with Gasteiger partial charge in [0.05, 0.1) is 4.90 Å². The Hall–Kier alpha value is -1.74. The van der Waals surface area contributed by atoms with Crippen molar-refractivity contribution in [3.63, 3.8) is 0 Å². The summed E-state index contributed by atoms with van der Waals surface area (Å²) >= 11 is 9.05. The smallest absolute Gasteiger partial charge is 0.324 e. The molecule has 0 aliphatic heterocycles. The molecule has 0 aliphatic carbocycles. The van der Waals surface area contributed by atoms with E-state index >= 15 is 0 Å². The molecular formula is C19H19BrClNO5S. The van der Waals surface area contributed by atoms with E-state index in [2.05, 4.69) is 20.7 Å². The van der Waals surface area contributed by atoms with Crippen molar-refractivity contribution in [2.45, 2.75) is 24.8 Å². The maximum atomic E-state index is 12.5. The van der Waals surface area contributed by atoms with Crippen molar-refractivity contribution in [2.24, 2.45) is 5.92 Å². The zero-order chi connectivity index (χ0) is 20.9. The molecular weight excluding hydrogens is 470 g/mol. The maximum absolute atomic E-state index is 12.5. The van der Waals surface area contributed by atoms with Crippen LogP contribution < -0.4 is 4.72 Å². The Balaban J connectivity index is 2.06. The normalized spacial score (nSPS) is 12.6. The number of ketones is 1. The number of nitrogens with one attached hydrogen (secondary N) is 1. The Labute approximate surface area is 177 Å². The predicted molar refractivity (Wildman–Crippen MR) is 110 cm³/mol. The van der Waals surface area contributed by atoms with Crippen LogP contribution in [0.15, 0.2) is 57.9 Å². The average molecular weight is 489 g/mol. The lowest BCUT2D eigenvalue weighted by atomic mass is 10.1. The number of benzene rings is 2. The number of hydrogen-bond donors (Lipinski definition) is 1. The minimum absolute atomic E-state index is 0.0266. The summed E-state index contributed by atoms with van der Waals surface area (Å²) < 4.78 is 33.3. The number of Topliss-reactive ketones (excluding diaryl/α,β-unsaturated/α-hetero) is 1. The molecule has 1 N–H and O–H groups in total. The van der Waals surface area contributed by atoms with Gasteiger partial charge in [-0.2, -0.15) is 4.72 Å². The summed E-state index contributed by atoms with van der Waals surface area (Å²) in [6.07, 6.45) is 0. The predicted octanol–water partition coefficient (Wildman–Crippen LogP) is 3.83. The molecule has 0 fully saturated rings. The second kappa shape index (κ2) is 9.65. The Bertz CT molecular complexity index is 943. The lowest BCUT2D eigenvalue weighted by molar-refractivity contribution is -0.145. The van der Waals surface area contributed by atoms with Crippen LogP contribution in [0.3, 0.4) is 0 Å². The van der Waals surface area contributed by atoms with E-state index in [9.17, 15) is 18.0 Å². The van der Waals surface area contributed by atoms with E-state index in [1.54, 1.807) is 38.1 Å². The summed E-state index contributed by atoms with van der Waals surface area (Å²) in [5.74, 6) is -1.60. The topological polar surface area (TPSA) is 89.5 Å². The van der Waals surface area contributed by atoms with Gasteiger partial charge in [0.2, 0.25) is 10.0 Å². The number of sulfonamides is 1. The van der Waals surface area contributed by atoms with Crippen molar-refractivity contribution in [2.75, 3.05) is 6.61 Å². The number of carbonyl (C=O) groups excluding carboxylic acids is 2. The molecule has 0 amide bonds. The monoisotopic (exact) mass is 487 g/mol. The van der Waals surface area contributed by atoms with Crippen molar-refractivity contribution in [3.8, 4) is 0 Å². The third-order valence-corrected chi connectivity index (χ3v) is 6.08. The van der Waals surface area contributed by atoms with E-state index in [1.165, 1.54) is 24.3 Å². The van der Waals surface area contributed by atoms with Gasteiger partial charge in [-0.1, -0.05) is 53.5 Å². The lowest BCUT2D eigenvalue weighted by Crippen LogP contribution is -2.45. The molecule has 150 valence electrons. The highest BCUT2D eigenvalue weighted by Gasteiger charge is 2.30. The Morgan fingerprint density at radius 1 is 1.07 bits per heavy atom. The van der Waals surface area contributed by atoms with Crippen molar-refractivity contribution >= 4 is 49.3 Å². The van der Waals surface area contributed by atoms with E-state index in [0.29, 0.717) is 10.6 Å². The standard InChI is InChI=1S/C19H19BrClNO5S/c1-12(2)18(22-28(25,26)16-9-7-15(21)8-10-16)19(24)27-11-17(23)13-3-5-14(20)6-4-13/h3-10,12,18,22H,11H2,1-2H3. The van der Waals surface area contributed by atoms with Crippen LogP contribution in [-0.4, -0.2) is 32.8 Å². The molecule has 0 saturated carbocycles. The zero-order valence-electron chi connectivity index (χ0n) is 15.2. The molecule has 1 atom stereocenters. The number of ether oxygens (including phenoxy) is 1. The largest absolute Gasteiger partial charge is 0.456 e. The van der Waals surface area contributed by atoms with Gasteiger partial charge in [0, 0.05) is 15.1 Å². The first-order chi connectivity index (χ1) is 13.1. The SMILES string of the molecule is CC(C)C(NS(=O)(=O)c1ccc(Cl)cc1)C(=O)OCC(=O)c1ccc(Br)cc1. The van der Waals surface area contributed by atoms with Gasteiger partial charge < -0.3 is 4.74 Å². The second-order valence-electron chi connectivity index (χ2n) is 6.33. The molecule has 0 aromatic heterocycles. The minimum atomic E-state index is -3.96. The lowest BCUT2D eigenvalue weighted by Gasteiger charge is -2.20. The van der Waals surface area contributed by atoms with Gasteiger partial charge >= 0.3 is 5.97 Å². The van der Waals surface area contributed by atoms with Crippen LogP contribution in [0.1, 0.15) is 24.2 Å². The fraction of sp³-hybridized carbons (Fsp3) is 0.263. The average Bonchev–Trinajstić information content (AvgIpc) is 2.64. The number of hydrogen-bond acceptors (Lipinski definition) is 5. The molecule has 0 aliphatic rings. The highest BCUT2D eigenvalue weighted by Crippen LogP contribution is 2.16. The van der Waals surface area contributed by atoms with E-state index in [1.807, 2.05) is 0 Å². The van der Waals surface area contributed by atoms with Gasteiger partial charge in [-0.3, -0.25) is 9.59 Å². The molecule has 1 unspecified atom stereocenters. The van der Waals surface area contributed by atoms with Gasteiger partial charge in [0.25, 0.3) is 0 Å². The first-order valence-corrected chi connectivity index (χ1v) is 11.0. The van der Waals surface area contributed by atoms with E-state index in [0.717, 1.165) is 4.47 Å². The number of halogens is 2. The molecule has 0 bridgehead atoms. The van der Waals surface area contributed by atoms with Gasteiger partial charge in [-0.15, -0.1) is 0 Å². The van der Waals surface area contributed by atoms with E-state index in [-0.39, 0.29) is 10.7 Å². The van der Waals surface area contributed by atoms with Crippen LogP contribution in [0.4, 0.5) is 0 Å². The van der Waals surface area contributed by atoms with Crippen molar-refractivity contribution in [1.82, 2.24) is 4.72 Å². The minimum Gasteiger partial charge on any atom is -0.456 e. The summed E-state index contributed by atoms with van der Waals surface area (Å²) in [7, 11) is -3.96. The molecule has 2 rings (SSSR count). The number of carbonyl (C=O) groups is 2. The molecule has 6 nitrogen and oxygen atoms in total. The third-order valence-electron chi connectivity index (χ3n) is 3.84. The molecule has 0 radical (unpaired) electrons. The van der Waals surface area contributed by atoms with Crippen molar-refractivity contribution in [3.05, 3.63) is 63.6 Å². The van der Waals surface area contributed by atoms with Crippen LogP contribution >= 0.6 is 27.5 Å². The quantitative estimate of drug-likeness (QED) is 0.450. The van der Waals surface area contributed by atoms with Crippen LogP contribution in [0, 0.1) is 5.92 Å². The Morgan fingerprint density at radius 2 is 1.64 bits per heavy atom. The second-order valence-corrected chi connectivity index (χ2v) is 9.40. The van der Waals surface area contributed by atoms with Crippen LogP contribution in [0.5, 0.6) is 0 Å². The summed E-state index contributed by atoms with van der Waals surface area (Å²) in [5, 5.41) is 0.394. The van der Waals surface area contributed by atoms with Gasteiger partial charge in [0.1, 0.15) is 6.04 Å². The number of rotatable bonds is 8. The summed E-state index contributed by atoms with van der Waals surface area (Å²) in [5.41, 5.74) is 0.388. The molecule has 2 aromatic carbocycles. The molecule has 0 heterocycles. The fourth-order valence-corrected chi connectivity index (χ4v) is 3.97. The van der Waals surface area contributed by atoms with Gasteiger partial charge in [-0.05, 0) is 42.3 Å². The number of esters is 1. The highest BCUT2D eigenvalue weighted by molar-refractivity contribution is 9.10. The first-order valence-electron chi connectivity index (χ1n) is 8.33. The first kappa shape index (κ1) is 22.5. The van der Waals surface area contributed by atoms with E-state index < -0.39 is 34.6 Å². The summed E-state index contributed by atoms with van der Waals surface area (Å²) in [4.78, 5) is 24.5. The van der Waals surface area contributed by atoms with Crippen LogP contribution in [0.25, 0.3) is 0 Å². The van der Waals surface area contributed by atoms with Crippen LogP contribution in [-0.2, 0) is 19.6 Å². The van der Waals surface area contributed by atoms with Gasteiger partial charge in [0.15, 0.2) is 12.4 Å². The van der Waals surface area contributed by atoms with Crippen LogP contribution in [0.2, 0.25) is 5.02 Å². The molecule has 2 aromatic rings. The zero-order valence-corrected chi connectivity index (χ0v) is 18.3. The van der Waals surface area contributed by atoms with Gasteiger partial charge in [-0.25, -0.2) is 8.42 Å². The molecule has 28 heavy (non-hydrogen) atoms.